The van der Waals surface area contributed by atoms with Crippen LogP contribution in [0.15, 0.2) is 5.16 Å². The number of thioether (sulfide) groups is 1. The molecule has 0 radical (unpaired) electrons. The summed E-state index contributed by atoms with van der Waals surface area (Å²) in [6, 6.07) is 0. The maximum atomic E-state index is 11.7. The number of nitrogens with one attached hydrogen (secondary N) is 1. The van der Waals surface area contributed by atoms with E-state index in [1.165, 1.54) is 6.92 Å². The van der Waals surface area contributed by atoms with Gasteiger partial charge in [-0.25, -0.2) is 4.98 Å². The van der Waals surface area contributed by atoms with Crippen molar-refractivity contribution in [3.63, 3.8) is 0 Å². The van der Waals surface area contributed by atoms with Gasteiger partial charge in [0.15, 0.2) is 11.0 Å². The van der Waals surface area contributed by atoms with Crippen LogP contribution < -0.4 is 15.0 Å². The topological polar surface area (TPSA) is 67.4 Å². The minimum absolute atomic E-state index is 0.142. The van der Waals surface area contributed by atoms with Crippen molar-refractivity contribution in [3.05, 3.63) is 0 Å². The molecule has 0 bridgehead atoms. The highest BCUT2D eigenvalue weighted by atomic mass is 32.2. The first-order valence-electron chi connectivity index (χ1n) is 8.77. The molecule has 0 unspecified atom stereocenters. The average molecular weight is 355 g/mol. The van der Waals surface area contributed by atoms with Crippen molar-refractivity contribution in [2.45, 2.75) is 59.0 Å². The van der Waals surface area contributed by atoms with Crippen LogP contribution in [0.3, 0.4) is 0 Å². The van der Waals surface area contributed by atoms with Gasteiger partial charge in [-0.05, 0) is 26.2 Å². The predicted molar refractivity (Wildman–Crippen MR) is 101 cm³/mol. The first kappa shape index (κ1) is 20.5. The number of hydrogen-bond donors (Lipinski definition) is 1. The van der Waals surface area contributed by atoms with Gasteiger partial charge in [-0.15, -0.1) is 0 Å². The van der Waals surface area contributed by atoms with E-state index in [1.54, 1.807) is 11.8 Å². The molecule has 0 saturated carbocycles. The quantitative estimate of drug-likeness (QED) is 0.479. The molecular formula is C17H30N4O2S. The van der Waals surface area contributed by atoms with Gasteiger partial charge in [0, 0.05) is 25.8 Å². The number of hydrogen-bond acceptors (Lipinski definition) is 6. The second kappa shape index (κ2) is 11.1. The lowest BCUT2D eigenvalue weighted by Gasteiger charge is -2.27. The molecule has 1 aromatic heterocycles. The second-order valence-electron chi connectivity index (χ2n) is 5.46. The van der Waals surface area contributed by atoms with Gasteiger partial charge in [0.1, 0.15) is 5.69 Å². The summed E-state index contributed by atoms with van der Waals surface area (Å²) in [5, 5.41) is 3.50. The van der Waals surface area contributed by atoms with Crippen LogP contribution in [0.25, 0.3) is 0 Å². The number of carbonyl (C=O) groups excluding carboxylic acids is 1. The van der Waals surface area contributed by atoms with Gasteiger partial charge >= 0.3 is 0 Å². The van der Waals surface area contributed by atoms with Crippen LogP contribution in [0.2, 0.25) is 0 Å². The molecule has 0 aromatic carbocycles. The molecule has 7 heteroatoms. The smallest absolute Gasteiger partial charge is 0.244 e. The van der Waals surface area contributed by atoms with E-state index in [-0.39, 0.29) is 5.91 Å². The Bertz CT molecular complexity index is 520. The van der Waals surface area contributed by atoms with Crippen molar-refractivity contribution < 1.29 is 9.53 Å². The molecule has 136 valence electrons. The molecule has 1 aromatic rings. The zero-order valence-corrected chi connectivity index (χ0v) is 16.3. The van der Waals surface area contributed by atoms with Crippen molar-refractivity contribution in [2.24, 2.45) is 0 Å². The van der Waals surface area contributed by atoms with Crippen molar-refractivity contribution in [1.82, 2.24) is 9.97 Å². The van der Waals surface area contributed by atoms with Crippen molar-refractivity contribution >= 4 is 29.2 Å². The Morgan fingerprint density at radius 3 is 2.29 bits per heavy atom. The predicted octanol–water partition coefficient (Wildman–Crippen LogP) is 3.96. The third kappa shape index (κ3) is 6.19. The fourth-order valence-electron chi connectivity index (χ4n) is 2.32. The van der Waals surface area contributed by atoms with Gasteiger partial charge in [-0.1, -0.05) is 32.5 Å². The first-order chi connectivity index (χ1) is 11.6. The van der Waals surface area contributed by atoms with E-state index in [2.05, 4.69) is 41.0 Å². The highest BCUT2D eigenvalue weighted by Gasteiger charge is 2.22. The van der Waals surface area contributed by atoms with Crippen LogP contribution in [-0.2, 0) is 4.79 Å². The summed E-state index contributed by atoms with van der Waals surface area (Å²) in [6.45, 7) is 12.1. The molecule has 0 aliphatic heterocycles. The largest absolute Gasteiger partial charge is 0.476 e. The van der Waals surface area contributed by atoms with Crippen molar-refractivity contribution in [3.8, 4) is 5.88 Å². The summed E-state index contributed by atoms with van der Waals surface area (Å²) in [4.78, 5) is 23.0. The lowest BCUT2D eigenvalue weighted by molar-refractivity contribution is -0.114. The molecule has 0 atom stereocenters. The second-order valence-corrected chi connectivity index (χ2v) is 6.52. The van der Waals surface area contributed by atoms with Crippen molar-refractivity contribution in [2.75, 3.05) is 35.7 Å². The lowest BCUT2D eigenvalue weighted by atomic mass is 10.3. The van der Waals surface area contributed by atoms with Crippen LogP contribution in [0, 0.1) is 0 Å². The molecule has 0 spiro atoms. The van der Waals surface area contributed by atoms with E-state index in [0.717, 1.165) is 43.8 Å². The van der Waals surface area contributed by atoms with Gasteiger partial charge in [-0.3, -0.25) is 4.79 Å². The molecule has 0 saturated heterocycles. The minimum Gasteiger partial charge on any atom is -0.476 e. The van der Waals surface area contributed by atoms with E-state index in [4.69, 9.17) is 4.74 Å². The fraction of sp³-hybridized carbons (Fsp3) is 0.706. The zero-order valence-electron chi connectivity index (χ0n) is 15.5. The summed E-state index contributed by atoms with van der Waals surface area (Å²) in [7, 11) is 0. The third-order valence-electron chi connectivity index (χ3n) is 3.15. The average Bonchev–Trinajstić information content (AvgIpc) is 2.52. The van der Waals surface area contributed by atoms with E-state index in [9.17, 15) is 4.79 Å². The number of ether oxygens (including phenoxy) is 1. The molecule has 0 aliphatic rings. The highest BCUT2D eigenvalue weighted by molar-refractivity contribution is 7.99. The maximum Gasteiger partial charge on any atom is 0.244 e. The van der Waals surface area contributed by atoms with E-state index in [1.807, 2.05) is 6.92 Å². The minimum atomic E-state index is -0.142. The Hall–Kier alpha value is -1.50. The summed E-state index contributed by atoms with van der Waals surface area (Å²) in [5.41, 5.74) is 0.789. The number of nitrogens with zero attached hydrogens (tertiary/aromatic N) is 3. The van der Waals surface area contributed by atoms with E-state index >= 15 is 0 Å². The number of rotatable bonds is 11. The summed E-state index contributed by atoms with van der Waals surface area (Å²) in [6.07, 6.45) is 3.03. The third-order valence-corrected chi connectivity index (χ3v) is 4.20. The molecule has 1 N–H and O–H groups in total. The molecule has 1 rings (SSSR count). The van der Waals surface area contributed by atoms with Crippen LogP contribution in [-0.4, -0.2) is 41.3 Å². The molecule has 1 heterocycles. The molecule has 6 nitrogen and oxygen atoms in total. The van der Waals surface area contributed by atoms with Gasteiger partial charge in [0.2, 0.25) is 11.8 Å². The number of amides is 1. The number of aromatic nitrogens is 2. The SMILES string of the molecule is CCCSc1nc(NC(C)=O)c(N(CCC)CCC)c(OCC)n1. The Morgan fingerprint density at radius 2 is 1.79 bits per heavy atom. The van der Waals surface area contributed by atoms with E-state index < -0.39 is 0 Å². The molecule has 0 aliphatic carbocycles. The highest BCUT2D eigenvalue weighted by Crippen LogP contribution is 2.36. The molecular weight excluding hydrogens is 324 g/mol. The van der Waals surface area contributed by atoms with Crippen LogP contribution in [0.1, 0.15) is 53.9 Å². The molecule has 0 fully saturated rings. The van der Waals surface area contributed by atoms with Gasteiger partial charge in [0.05, 0.1) is 6.61 Å². The first-order valence-corrected chi connectivity index (χ1v) is 9.75. The summed E-state index contributed by atoms with van der Waals surface area (Å²) in [5.74, 6) is 1.88. The van der Waals surface area contributed by atoms with E-state index in [0.29, 0.717) is 23.5 Å². The number of carbonyl (C=O) groups is 1. The van der Waals surface area contributed by atoms with Crippen molar-refractivity contribution in [1.29, 1.82) is 0 Å². The Morgan fingerprint density at radius 1 is 1.12 bits per heavy atom. The Balaban J connectivity index is 3.38. The maximum absolute atomic E-state index is 11.7. The normalized spacial score (nSPS) is 10.5. The lowest BCUT2D eigenvalue weighted by Crippen LogP contribution is -2.28. The van der Waals surface area contributed by atoms with Gasteiger partial charge < -0.3 is 15.0 Å². The fourth-order valence-corrected chi connectivity index (χ4v) is 3.01. The Labute approximate surface area is 149 Å². The van der Waals surface area contributed by atoms with Gasteiger partial charge in [-0.2, -0.15) is 4.98 Å². The Kier molecular flexibility index (Phi) is 9.52. The monoisotopic (exact) mass is 354 g/mol. The van der Waals surface area contributed by atoms with Crippen LogP contribution in [0.5, 0.6) is 5.88 Å². The standard InChI is InChI=1S/C17H30N4O2S/c1-6-10-21(11-7-2)14-15(18-13(5)22)19-17(24-12-8-3)20-16(14)23-9-4/h6-12H2,1-5H3,(H,18,19,20,22). The van der Waals surface area contributed by atoms with Gasteiger partial charge in [0.25, 0.3) is 0 Å². The zero-order chi connectivity index (χ0) is 17.9. The molecule has 1 amide bonds. The van der Waals surface area contributed by atoms with Crippen LogP contribution in [0.4, 0.5) is 11.5 Å². The van der Waals surface area contributed by atoms with Crippen LogP contribution >= 0.6 is 11.8 Å². The molecule has 24 heavy (non-hydrogen) atoms. The number of anilines is 2. The summed E-state index contributed by atoms with van der Waals surface area (Å²) >= 11 is 1.58. The summed E-state index contributed by atoms with van der Waals surface area (Å²) < 4.78 is 5.80.